The highest BCUT2D eigenvalue weighted by molar-refractivity contribution is 7.25. The van der Waals surface area contributed by atoms with E-state index in [1.807, 2.05) is 29.5 Å². The number of hydrogen-bond donors (Lipinski definition) is 0. The Bertz CT molecular complexity index is 3540. The van der Waals surface area contributed by atoms with Crippen LogP contribution in [0.15, 0.2) is 170 Å². The predicted octanol–water partition coefficient (Wildman–Crippen LogP) is 12.8. The van der Waals surface area contributed by atoms with Gasteiger partial charge in [-0.2, -0.15) is 0 Å². The van der Waals surface area contributed by atoms with Crippen molar-refractivity contribution in [2.45, 2.75) is 6.92 Å². The van der Waals surface area contributed by atoms with Crippen LogP contribution in [-0.4, -0.2) is 19.5 Å². The second-order valence-electron chi connectivity index (χ2n) is 14.5. The molecule has 0 saturated carbocycles. The summed E-state index contributed by atoms with van der Waals surface area (Å²) < 4.78 is 7.24. The molecule has 0 bridgehead atoms. The topological polar surface area (TPSA) is 43.6 Å². The molecule has 11 aromatic rings. The third kappa shape index (κ3) is 5.68. The van der Waals surface area contributed by atoms with Gasteiger partial charge in [-0.3, -0.25) is 0 Å². The molecule has 0 N–H and O–H groups in total. The van der Waals surface area contributed by atoms with E-state index in [1.54, 1.807) is 11.3 Å². The van der Waals surface area contributed by atoms with Gasteiger partial charge < -0.3 is 4.57 Å². The van der Waals surface area contributed by atoms with Crippen molar-refractivity contribution in [3.63, 3.8) is 0 Å². The summed E-state index contributed by atoms with van der Waals surface area (Å²) in [6.07, 6.45) is 4.28. The lowest BCUT2D eigenvalue weighted by Gasteiger charge is -2.12. The molecule has 0 unspecified atom stereocenters. The number of thiophene rings is 2. The van der Waals surface area contributed by atoms with E-state index in [1.165, 1.54) is 52.2 Å². The van der Waals surface area contributed by atoms with Crippen molar-refractivity contribution < 1.29 is 0 Å². The molecule has 274 valence electrons. The van der Waals surface area contributed by atoms with E-state index in [9.17, 15) is 0 Å². The molecule has 0 radical (unpaired) electrons. The fourth-order valence-electron chi connectivity index (χ4n) is 8.21. The molecule has 0 aliphatic rings. The summed E-state index contributed by atoms with van der Waals surface area (Å²) >= 11 is 3.58. The van der Waals surface area contributed by atoms with Crippen LogP contribution in [0.2, 0.25) is 0 Å². The Morgan fingerprint density at radius 2 is 1.21 bits per heavy atom. The standard InChI is InChI=1S/C52H34N4S2/c1-32(27-29-37-33(2)57-49-38(21-13-22-41(37)49)34-15-5-3-6-16-34)50-53-51(35-17-7-4-8-18-35)55-52(54-50)36-28-30-40-39-19-9-11-23-43(39)56(45(40)31-36)44-24-14-26-47-48(44)42-20-10-12-25-46(42)58-47/h3-31H,2H2,1H3/b32-27+,37-29+. The quantitative estimate of drug-likeness (QED) is 0.169. The maximum atomic E-state index is 5.18. The smallest absolute Gasteiger partial charge is 0.164 e. The second kappa shape index (κ2) is 13.9. The van der Waals surface area contributed by atoms with Crippen molar-refractivity contribution in [2.75, 3.05) is 0 Å². The average Bonchev–Trinajstić information content (AvgIpc) is 3.94. The molecule has 0 amide bonds. The van der Waals surface area contributed by atoms with E-state index < -0.39 is 0 Å². The number of fused-ring (bicyclic) bond motifs is 7. The molecular formula is C52H34N4S2. The number of rotatable bonds is 6. The van der Waals surface area contributed by atoms with Gasteiger partial charge in [-0.1, -0.05) is 152 Å². The Morgan fingerprint density at radius 3 is 2.03 bits per heavy atom. The molecule has 11 rings (SSSR count). The van der Waals surface area contributed by atoms with Crippen LogP contribution < -0.4 is 9.75 Å². The molecule has 0 spiro atoms. The fourth-order valence-corrected chi connectivity index (χ4v) is 10.5. The molecule has 7 aromatic carbocycles. The molecular weight excluding hydrogens is 745 g/mol. The zero-order valence-electron chi connectivity index (χ0n) is 31.6. The summed E-state index contributed by atoms with van der Waals surface area (Å²) in [6.45, 7) is 6.54. The van der Waals surface area contributed by atoms with Gasteiger partial charge in [-0.05, 0) is 59.2 Å². The van der Waals surface area contributed by atoms with Crippen LogP contribution in [0.25, 0.3) is 110 Å². The number of nitrogens with zero attached hydrogens (tertiary/aromatic N) is 4. The molecule has 4 aromatic heterocycles. The van der Waals surface area contributed by atoms with Gasteiger partial charge in [0, 0.05) is 56.7 Å². The minimum Gasteiger partial charge on any atom is -0.309 e. The van der Waals surface area contributed by atoms with Crippen LogP contribution >= 0.6 is 22.7 Å². The SMILES string of the molecule is C=c1sc2c(-c3ccccc3)cccc2/c1=C/C=C(\C)c1nc(-c2ccccc2)nc(-c2ccc3c4ccccc4n(-c4cccc5sc6ccccc6c45)c3c2)n1. The third-order valence-corrected chi connectivity index (χ3v) is 13.2. The molecule has 0 aliphatic heterocycles. The van der Waals surface area contributed by atoms with Crippen molar-refractivity contribution in [1.82, 2.24) is 19.5 Å². The van der Waals surface area contributed by atoms with Crippen molar-refractivity contribution in [3.8, 4) is 39.6 Å². The normalized spacial score (nSPS) is 12.5. The second-order valence-corrected chi connectivity index (χ2v) is 16.7. The molecule has 0 atom stereocenters. The lowest BCUT2D eigenvalue weighted by atomic mass is 10.0. The van der Waals surface area contributed by atoms with Crippen molar-refractivity contribution in [2.24, 2.45) is 0 Å². The van der Waals surface area contributed by atoms with E-state index in [0.29, 0.717) is 17.5 Å². The van der Waals surface area contributed by atoms with E-state index in [0.717, 1.165) is 43.2 Å². The van der Waals surface area contributed by atoms with Crippen molar-refractivity contribution in [1.29, 1.82) is 0 Å². The number of hydrogen-bond acceptors (Lipinski definition) is 5. The Balaban J connectivity index is 1.09. The largest absolute Gasteiger partial charge is 0.309 e. The lowest BCUT2D eigenvalue weighted by Crippen LogP contribution is -2.15. The maximum Gasteiger partial charge on any atom is 0.164 e. The van der Waals surface area contributed by atoms with E-state index in [2.05, 4.69) is 176 Å². The zero-order valence-corrected chi connectivity index (χ0v) is 33.2. The van der Waals surface area contributed by atoms with Crippen LogP contribution in [0.4, 0.5) is 0 Å². The third-order valence-electron chi connectivity index (χ3n) is 11.0. The Hall–Kier alpha value is -6.99. The van der Waals surface area contributed by atoms with E-state index in [4.69, 9.17) is 15.0 Å². The average molecular weight is 779 g/mol. The Kier molecular flexibility index (Phi) is 8.21. The number of allylic oxidation sites excluding steroid dienone is 2. The molecule has 0 saturated heterocycles. The summed E-state index contributed by atoms with van der Waals surface area (Å²) in [5.74, 6) is 1.89. The Morgan fingerprint density at radius 1 is 0.552 bits per heavy atom. The minimum absolute atomic E-state index is 0.626. The summed E-state index contributed by atoms with van der Waals surface area (Å²) in [4.78, 5) is 15.4. The summed E-state index contributed by atoms with van der Waals surface area (Å²) in [5.41, 5.74) is 8.65. The summed E-state index contributed by atoms with van der Waals surface area (Å²) in [5, 5.41) is 7.23. The molecule has 0 aliphatic carbocycles. The van der Waals surface area contributed by atoms with Gasteiger partial charge in [0.25, 0.3) is 0 Å². The highest BCUT2D eigenvalue weighted by Crippen LogP contribution is 2.41. The van der Waals surface area contributed by atoms with Crippen LogP contribution in [-0.2, 0) is 0 Å². The van der Waals surface area contributed by atoms with Gasteiger partial charge in [0.05, 0.1) is 16.7 Å². The van der Waals surface area contributed by atoms with E-state index >= 15 is 0 Å². The van der Waals surface area contributed by atoms with Gasteiger partial charge in [0.2, 0.25) is 0 Å². The monoisotopic (exact) mass is 778 g/mol. The molecule has 0 fully saturated rings. The molecule has 4 heterocycles. The Labute approximate surface area is 342 Å². The van der Waals surface area contributed by atoms with Gasteiger partial charge in [-0.15, -0.1) is 22.7 Å². The maximum absolute atomic E-state index is 5.18. The molecule has 4 nitrogen and oxygen atoms in total. The highest BCUT2D eigenvalue weighted by atomic mass is 32.1. The predicted molar refractivity (Wildman–Crippen MR) is 248 cm³/mol. The van der Waals surface area contributed by atoms with Gasteiger partial charge >= 0.3 is 0 Å². The summed E-state index contributed by atoms with van der Waals surface area (Å²) in [7, 11) is 0. The highest BCUT2D eigenvalue weighted by Gasteiger charge is 2.19. The van der Waals surface area contributed by atoms with Crippen LogP contribution in [0.5, 0.6) is 0 Å². The van der Waals surface area contributed by atoms with Crippen LogP contribution in [0, 0.1) is 0 Å². The first-order chi connectivity index (χ1) is 28.6. The number of para-hydroxylation sites is 1. The van der Waals surface area contributed by atoms with Gasteiger partial charge in [0.15, 0.2) is 17.5 Å². The van der Waals surface area contributed by atoms with Crippen molar-refractivity contribution in [3.05, 3.63) is 185 Å². The summed E-state index contributed by atoms with van der Waals surface area (Å²) in [6, 6.07) is 57.9. The van der Waals surface area contributed by atoms with Crippen molar-refractivity contribution >= 4 is 93.0 Å². The van der Waals surface area contributed by atoms with Gasteiger partial charge in [0.1, 0.15) is 0 Å². The minimum atomic E-state index is 0.626. The van der Waals surface area contributed by atoms with Crippen LogP contribution in [0.1, 0.15) is 12.7 Å². The first kappa shape index (κ1) is 34.3. The first-order valence-corrected chi connectivity index (χ1v) is 20.9. The molecule has 6 heteroatoms. The number of benzene rings is 7. The van der Waals surface area contributed by atoms with E-state index in [-0.39, 0.29) is 0 Å². The fraction of sp³-hybridized carbons (Fsp3) is 0.0192. The first-order valence-electron chi connectivity index (χ1n) is 19.3. The van der Waals surface area contributed by atoms with Gasteiger partial charge in [-0.25, -0.2) is 15.0 Å². The molecule has 58 heavy (non-hydrogen) atoms. The lowest BCUT2D eigenvalue weighted by molar-refractivity contribution is 1.03. The zero-order chi connectivity index (χ0) is 38.7. The van der Waals surface area contributed by atoms with Crippen LogP contribution in [0.3, 0.4) is 0 Å². The number of aromatic nitrogens is 4.